The van der Waals surface area contributed by atoms with Gasteiger partial charge in [0.05, 0.1) is 6.61 Å². The lowest BCUT2D eigenvalue weighted by molar-refractivity contribution is 0.245. The van der Waals surface area contributed by atoms with Crippen LogP contribution in [0, 0.1) is 0 Å². The van der Waals surface area contributed by atoms with E-state index in [2.05, 4.69) is 24.5 Å². The van der Waals surface area contributed by atoms with Gasteiger partial charge in [0.15, 0.2) is 0 Å². The second kappa shape index (κ2) is 6.12. The Kier molecular flexibility index (Phi) is 4.79. The van der Waals surface area contributed by atoms with Gasteiger partial charge in [-0.25, -0.2) is 4.79 Å². The summed E-state index contributed by atoms with van der Waals surface area (Å²) < 4.78 is 0. The van der Waals surface area contributed by atoms with Crippen LogP contribution in [0.15, 0.2) is 24.3 Å². The molecule has 4 heteroatoms. The van der Waals surface area contributed by atoms with Gasteiger partial charge in [-0.15, -0.1) is 0 Å². The molecule has 3 N–H and O–H groups in total. The van der Waals surface area contributed by atoms with Crippen molar-refractivity contribution < 1.29 is 9.90 Å². The molecule has 0 aliphatic rings. The van der Waals surface area contributed by atoms with E-state index >= 15 is 0 Å². The zero-order valence-electron chi connectivity index (χ0n) is 9.66. The van der Waals surface area contributed by atoms with Gasteiger partial charge in [-0.3, -0.25) is 0 Å². The van der Waals surface area contributed by atoms with Crippen molar-refractivity contribution in [2.24, 2.45) is 0 Å². The van der Waals surface area contributed by atoms with Gasteiger partial charge in [-0.2, -0.15) is 0 Å². The third kappa shape index (κ3) is 3.90. The summed E-state index contributed by atoms with van der Waals surface area (Å²) in [6, 6.07) is 7.43. The van der Waals surface area contributed by atoms with E-state index in [9.17, 15) is 4.79 Å². The van der Waals surface area contributed by atoms with Crippen LogP contribution in [0.1, 0.15) is 25.3 Å². The summed E-state index contributed by atoms with van der Waals surface area (Å²) in [5.41, 5.74) is 1.95. The predicted molar refractivity (Wildman–Crippen MR) is 64.6 cm³/mol. The number of nitrogens with one attached hydrogen (secondary N) is 2. The lowest BCUT2D eigenvalue weighted by Gasteiger charge is -2.09. The molecular formula is C12H18N2O2. The Bertz CT molecular complexity index is 351. The first kappa shape index (κ1) is 12.5. The van der Waals surface area contributed by atoms with Crippen LogP contribution in [-0.2, 0) is 0 Å². The average molecular weight is 222 g/mol. The first-order valence-electron chi connectivity index (χ1n) is 5.39. The summed E-state index contributed by atoms with van der Waals surface area (Å²) in [5.74, 6) is 0.433. The zero-order valence-corrected chi connectivity index (χ0v) is 9.66. The summed E-state index contributed by atoms with van der Waals surface area (Å²) in [5, 5.41) is 13.8. The van der Waals surface area contributed by atoms with Crippen molar-refractivity contribution in [1.82, 2.24) is 5.32 Å². The van der Waals surface area contributed by atoms with Gasteiger partial charge < -0.3 is 15.7 Å². The molecule has 1 aromatic carbocycles. The number of aliphatic hydroxyl groups is 1. The summed E-state index contributed by atoms with van der Waals surface area (Å²) in [6.45, 7) is 4.41. The minimum atomic E-state index is -0.296. The topological polar surface area (TPSA) is 61.4 Å². The van der Waals surface area contributed by atoms with Crippen LogP contribution in [0.25, 0.3) is 0 Å². The lowest BCUT2D eigenvalue weighted by atomic mass is 10.0. The molecule has 0 heterocycles. The van der Waals surface area contributed by atoms with Crippen LogP contribution in [0.2, 0.25) is 0 Å². The van der Waals surface area contributed by atoms with Crippen LogP contribution in [0.3, 0.4) is 0 Å². The summed E-state index contributed by atoms with van der Waals surface area (Å²) >= 11 is 0. The SMILES string of the molecule is CC(C)c1cccc(NC(=O)NCCO)c1. The van der Waals surface area contributed by atoms with E-state index in [4.69, 9.17) is 5.11 Å². The molecule has 0 bridgehead atoms. The highest BCUT2D eigenvalue weighted by Crippen LogP contribution is 2.18. The van der Waals surface area contributed by atoms with Crippen molar-refractivity contribution in [2.45, 2.75) is 19.8 Å². The molecule has 4 nitrogen and oxygen atoms in total. The highest BCUT2D eigenvalue weighted by Gasteiger charge is 2.03. The molecule has 0 saturated carbocycles. The maximum atomic E-state index is 11.3. The molecule has 88 valence electrons. The minimum absolute atomic E-state index is 0.0561. The van der Waals surface area contributed by atoms with E-state index in [0.717, 1.165) is 5.69 Å². The number of hydrogen-bond acceptors (Lipinski definition) is 2. The van der Waals surface area contributed by atoms with E-state index in [1.165, 1.54) is 5.56 Å². The monoisotopic (exact) mass is 222 g/mol. The van der Waals surface area contributed by atoms with Gasteiger partial charge in [0, 0.05) is 12.2 Å². The van der Waals surface area contributed by atoms with E-state index in [1.807, 2.05) is 24.3 Å². The molecule has 0 unspecified atom stereocenters. The lowest BCUT2D eigenvalue weighted by Crippen LogP contribution is -2.30. The number of aliphatic hydroxyl groups excluding tert-OH is 1. The first-order chi connectivity index (χ1) is 7.63. The quantitative estimate of drug-likeness (QED) is 0.729. The van der Waals surface area contributed by atoms with Crippen LogP contribution in [0.4, 0.5) is 10.5 Å². The van der Waals surface area contributed by atoms with Crippen molar-refractivity contribution in [1.29, 1.82) is 0 Å². The molecule has 0 radical (unpaired) electrons. The van der Waals surface area contributed by atoms with Crippen molar-refractivity contribution >= 4 is 11.7 Å². The molecule has 1 aromatic rings. The highest BCUT2D eigenvalue weighted by molar-refractivity contribution is 5.89. The van der Waals surface area contributed by atoms with Gasteiger partial charge in [0.1, 0.15) is 0 Å². The molecule has 16 heavy (non-hydrogen) atoms. The molecule has 0 atom stereocenters. The fraction of sp³-hybridized carbons (Fsp3) is 0.417. The summed E-state index contributed by atoms with van der Waals surface area (Å²) in [6.07, 6.45) is 0. The number of amides is 2. The number of rotatable bonds is 4. The standard InChI is InChI=1S/C12H18N2O2/c1-9(2)10-4-3-5-11(8-10)14-12(16)13-6-7-15/h3-5,8-9,15H,6-7H2,1-2H3,(H2,13,14,16). The van der Waals surface area contributed by atoms with Gasteiger partial charge in [0.2, 0.25) is 0 Å². The van der Waals surface area contributed by atoms with E-state index < -0.39 is 0 Å². The van der Waals surface area contributed by atoms with Crippen LogP contribution in [-0.4, -0.2) is 24.3 Å². The molecule has 0 aromatic heterocycles. The average Bonchev–Trinajstić information content (AvgIpc) is 2.26. The van der Waals surface area contributed by atoms with Crippen LogP contribution in [0.5, 0.6) is 0 Å². The molecule has 0 fully saturated rings. The molecule has 0 saturated heterocycles. The van der Waals surface area contributed by atoms with Crippen LogP contribution >= 0.6 is 0 Å². The third-order valence-electron chi connectivity index (χ3n) is 2.21. The molecule has 1 rings (SSSR count). The number of anilines is 1. The molecule has 0 aliphatic heterocycles. The molecular weight excluding hydrogens is 204 g/mol. The fourth-order valence-electron chi connectivity index (χ4n) is 1.32. The van der Waals surface area contributed by atoms with Gasteiger partial charge >= 0.3 is 6.03 Å². The second-order valence-corrected chi connectivity index (χ2v) is 3.88. The number of carbonyl (C=O) groups excluding carboxylic acids is 1. The minimum Gasteiger partial charge on any atom is -0.395 e. The van der Waals surface area contributed by atoms with Crippen LogP contribution < -0.4 is 10.6 Å². The molecule has 0 aliphatic carbocycles. The Hall–Kier alpha value is -1.55. The van der Waals surface area contributed by atoms with Crippen molar-refractivity contribution in [3.8, 4) is 0 Å². The van der Waals surface area contributed by atoms with Gasteiger partial charge in [-0.05, 0) is 23.6 Å². The Labute approximate surface area is 95.7 Å². The molecule has 0 spiro atoms. The maximum absolute atomic E-state index is 11.3. The Morgan fingerprint density at radius 1 is 1.44 bits per heavy atom. The maximum Gasteiger partial charge on any atom is 0.319 e. The number of hydrogen-bond donors (Lipinski definition) is 3. The zero-order chi connectivity index (χ0) is 12.0. The highest BCUT2D eigenvalue weighted by atomic mass is 16.3. The Morgan fingerprint density at radius 2 is 2.19 bits per heavy atom. The Morgan fingerprint density at radius 3 is 2.81 bits per heavy atom. The van der Waals surface area contributed by atoms with Crippen molar-refractivity contribution in [2.75, 3.05) is 18.5 Å². The molecule has 2 amide bonds. The van der Waals surface area contributed by atoms with E-state index in [1.54, 1.807) is 0 Å². The van der Waals surface area contributed by atoms with Gasteiger partial charge in [0.25, 0.3) is 0 Å². The largest absolute Gasteiger partial charge is 0.395 e. The predicted octanol–water partition coefficient (Wildman–Crippen LogP) is 1.92. The smallest absolute Gasteiger partial charge is 0.319 e. The van der Waals surface area contributed by atoms with E-state index in [0.29, 0.717) is 5.92 Å². The first-order valence-corrected chi connectivity index (χ1v) is 5.39. The van der Waals surface area contributed by atoms with E-state index in [-0.39, 0.29) is 19.2 Å². The number of benzene rings is 1. The summed E-state index contributed by atoms with van der Waals surface area (Å²) in [4.78, 5) is 11.3. The fourth-order valence-corrected chi connectivity index (χ4v) is 1.32. The second-order valence-electron chi connectivity index (χ2n) is 3.88. The number of carbonyl (C=O) groups is 1. The van der Waals surface area contributed by atoms with Crippen molar-refractivity contribution in [3.05, 3.63) is 29.8 Å². The van der Waals surface area contributed by atoms with Gasteiger partial charge in [-0.1, -0.05) is 26.0 Å². The number of urea groups is 1. The third-order valence-corrected chi connectivity index (χ3v) is 2.21. The Balaban J connectivity index is 2.59. The summed E-state index contributed by atoms with van der Waals surface area (Å²) in [7, 11) is 0. The normalized spacial score (nSPS) is 10.2. The van der Waals surface area contributed by atoms with Crippen molar-refractivity contribution in [3.63, 3.8) is 0 Å².